The van der Waals surface area contributed by atoms with E-state index in [1.807, 2.05) is 37.3 Å². The maximum Gasteiger partial charge on any atom is 0.333 e. The minimum Gasteiger partial charge on any atom is -0.496 e. The quantitative estimate of drug-likeness (QED) is 0.274. The van der Waals surface area contributed by atoms with Crippen molar-refractivity contribution in [1.29, 1.82) is 0 Å². The van der Waals surface area contributed by atoms with Gasteiger partial charge >= 0.3 is 6.03 Å². The molecule has 2 saturated heterocycles. The number of urea groups is 1. The van der Waals surface area contributed by atoms with Crippen molar-refractivity contribution in [3.63, 3.8) is 0 Å². The molecule has 198 valence electrons. The third-order valence-electron chi connectivity index (χ3n) is 6.85. The van der Waals surface area contributed by atoms with Crippen molar-refractivity contribution >= 4 is 52.6 Å². The third-order valence-corrected chi connectivity index (χ3v) is 8.65. The SMILES string of the molecule is COc1ccc([C@@H]2SC[C@@H]3C(=O)N(c4ccc(Cl)cc4)C(=O)N32)cc1COc1c(C)cc(Cl)cc1C(C)C. The fourth-order valence-corrected chi connectivity index (χ4v) is 6.78. The minimum absolute atomic E-state index is 0.219. The summed E-state index contributed by atoms with van der Waals surface area (Å²) in [6.07, 6.45) is 0. The third kappa shape index (κ3) is 4.83. The molecule has 2 atom stereocenters. The molecule has 38 heavy (non-hydrogen) atoms. The molecule has 0 aromatic heterocycles. The number of nitrogens with zero attached hydrogens (tertiary/aromatic N) is 2. The van der Waals surface area contributed by atoms with Gasteiger partial charge in [-0.2, -0.15) is 0 Å². The lowest BCUT2D eigenvalue weighted by Gasteiger charge is -2.24. The molecule has 2 aliphatic heterocycles. The smallest absolute Gasteiger partial charge is 0.333 e. The maximum atomic E-state index is 13.5. The van der Waals surface area contributed by atoms with Crippen molar-refractivity contribution < 1.29 is 19.1 Å². The number of halogens is 2. The lowest BCUT2D eigenvalue weighted by Crippen LogP contribution is -2.33. The fraction of sp³-hybridized carbons (Fsp3) is 0.310. The maximum absolute atomic E-state index is 13.5. The molecule has 2 heterocycles. The second kappa shape index (κ2) is 10.7. The summed E-state index contributed by atoms with van der Waals surface area (Å²) in [5, 5.41) is 0.925. The molecule has 0 radical (unpaired) electrons. The molecule has 2 fully saturated rings. The fourth-order valence-electron chi connectivity index (χ4n) is 4.97. The van der Waals surface area contributed by atoms with Gasteiger partial charge in [0, 0.05) is 21.4 Å². The van der Waals surface area contributed by atoms with Crippen LogP contribution in [0.3, 0.4) is 0 Å². The molecule has 3 aromatic carbocycles. The Morgan fingerprint density at radius 1 is 1.03 bits per heavy atom. The highest BCUT2D eigenvalue weighted by Gasteiger charge is 2.53. The van der Waals surface area contributed by atoms with Gasteiger partial charge in [-0.25, -0.2) is 9.69 Å². The van der Waals surface area contributed by atoms with E-state index in [9.17, 15) is 9.59 Å². The van der Waals surface area contributed by atoms with Crippen LogP contribution in [0.1, 0.15) is 47.4 Å². The molecule has 2 aliphatic rings. The molecular weight excluding hydrogens is 543 g/mol. The van der Waals surface area contributed by atoms with Gasteiger partial charge < -0.3 is 9.47 Å². The first-order chi connectivity index (χ1) is 18.2. The summed E-state index contributed by atoms with van der Waals surface area (Å²) in [6.45, 7) is 6.48. The highest BCUT2D eigenvalue weighted by atomic mass is 35.5. The Hall–Kier alpha value is -2.87. The van der Waals surface area contributed by atoms with Crippen LogP contribution in [0, 0.1) is 6.92 Å². The topological polar surface area (TPSA) is 59.1 Å². The molecule has 0 unspecified atom stereocenters. The predicted molar refractivity (Wildman–Crippen MR) is 153 cm³/mol. The van der Waals surface area contributed by atoms with Crippen molar-refractivity contribution in [2.45, 2.75) is 44.7 Å². The van der Waals surface area contributed by atoms with E-state index in [0.717, 1.165) is 28.0 Å². The molecule has 9 heteroatoms. The van der Waals surface area contributed by atoms with Gasteiger partial charge in [-0.1, -0.05) is 43.1 Å². The van der Waals surface area contributed by atoms with Crippen LogP contribution in [0.2, 0.25) is 10.0 Å². The number of benzene rings is 3. The molecule has 0 saturated carbocycles. The van der Waals surface area contributed by atoms with E-state index in [0.29, 0.717) is 27.2 Å². The Bertz CT molecular complexity index is 1400. The van der Waals surface area contributed by atoms with Gasteiger partial charge in [0.05, 0.1) is 12.8 Å². The molecule has 3 amide bonds. The van der Waals surface area contributed by atoms with Crippen LogP contribution in [0.4, 0.5) is 10.5 Å². The lowest BCUT2D eigenvalue weighted by atomic mass is 9.99. The zero-order valence-corrected chi connectivity index (χ0v) is 23.9. The number of hydrogen-bond acceptors (Lipinski definition) is 5. The lowest BCUT2D eigenvalue weighted by molar-refractivity contribution is -0.119. The monoisotopic (exact) mass is 570 g/mol. The first kappa shape index (κ1) is 26.7. The van der Waals surface area contributed by atoms with Gasteiger partial charge in [0.15, 0.2) is 0 Å². The summed E-state index contributed by atoms with van der Waals surface area (Å²) in [6, 6.07) is 15.6. The zero-order valence-electron chi connectivity index (χ0n) is 21.5. The highest BCUT2D eigenvalue weighted by Crippen LogP contribution is 2.47. The van der Waals surface area contributed by atoms with Crippen molar-refractivity contribution in [3.05, 3.63) is 86.9 Å². The molecule has 6 nitrogen and oxygen atoms in total. The first-order valence-electron chi connectivity index (χ1n) is 12.3. The Balaban J connectivity index is 1.42. The number of rotatable bonds is 7. The average Bonchev–Trinajstić information content (AvgIpc) is 3.43. The van der Waals surface area contributed by atoms with Crippen LogP contribution in [0.25, 0.3) is 0 Å². The van der Waals surface area contributed by atoms with Crippen LogP contribution in [0.15, 0.2) is 54.6 Å². The Morgan fingerprint density at radius 2 is 1.76 bits per heavy atom. The molecular formula is C29H28Cl2N2O4S. The second-order valence-corrected chi connectivity index (χ2v) is 11.7. The van der Waals surface area contributed by atoms with Crippen LogP contribution >= 0.6 is 35.0 Å². The first-order valence-corrected chi connectivity index (χ1v) is 14.1. The number of aryl methyl sites for hydroxylation is 1. The Kier molecular flexibility index (Phi) is 7.54. The zero-order chi connectivity index (χ0) is 27.1. The van der Waals surface area contributed by atoms with E-state index >= 15 is 0 Å². The standard InChI is InChI=1S/C29H28Cl2N2O4S/c1-16(2)23-13-21(31)11-17(3)26(23)37-14-19-12-18(5-10-25(19)36-4)28-33-24(15-38-28)27(34)32(29(33)35)22-8-6-20(30)7-9-22/h5-13,16,24,28H,14-15H2,1-4H3/t24-,28+/m1/s1. The highest BCUT2D eigenvalue weighted by molar-refractivity contribution is 7.99. The van der Waals surface area contributed by atoms with Gasteiger partial charge in [0.2, 0.25) is 0 Å². The van der Waals surface area contributed by atoms with Crippen molar-refractivity contribution in [1.82, 2.24) is 4.90 Å². The summed E-state index contributed by atoms with van der Waals surface area (Å²) in [5.74, 6) is 2.05. The van der Waals surface area contributed by atoms with E-state index in [4.69, 9.17) is 32.7 Å². The van der Waals surface area contributed by atoms with Gasteiger partial charge in [0.1, 0.15) is 29.5 Å². The summed E-state index contributed by atoms with van der Waals surface area (Å²) in [5.41, 5.74) is 4.29. The minimum atomic E-state index is -0.514. The van der Waals surface area contributed by atoms with Crippen LogP contribution in [-0.2, 0) is 11.4 Å². The van der Waals surface area contributed by atoms with Gasteiger partial charge in [-0.15, -0.1) is 11.8 Å². The van der Waals surface area contributed by atoms with E-state index in [1.54, 1.807) is 48.0 Å². The molecule has 0 aliphatic carbocycles. The molecule has 3 aromatic rings. The number of carbonyl (C=O) groups excluding carboxylic acids is 2. The number of carbonyl (C=O) groups is 2. The molecule has 5 rings (SSSR count). The number of amides is 3. The number of anilines is 1. The molecule has 0 bridgehead atoms. The van der Waals surface area contributed by atoms with Crippen LogP contribution in [-0.4, -0.2) is 35.7 Å². The number of imide groups is 1. The van der Waals surface area contributed by atoms with Crippen molar-refractivity contribution in [2.75, 3.05) is 17.8 Å². The predicted octanol–water partition coefficient (Wildman–Crippen LogP) is 7.60. The Morgan fingerprint density at radius 3 is 2.45 bits per heavy atom. The van der Waals surface area contributed by atoms with Crippen molar-refractivity contribution in [3.8, 4) is 11.5 Å². The van der Waals surface area contributed by atoms with E-state index in [-0.39, 0.29) is 29.8 Å². The van der Waals surface area contributed by atoms with E-state index < -0.39 is 6.04 Å². The average molecular weight is 572 g/mol. The number of methoxy groups -OCH3 is 1. The van der Waals surface area contributed by atoms with Crippen LogP contribution in [0.5, 0.6) is 11.5 Å². The summed E-state index contributed by atoms with van der Waals surface area (Å²) in [4.78, 5) is 29.6. The summed E-state index contributed by atoms with van der Waals surface area (Å²) in [7, 11) is 1.62. The number of thioether (sulfide) groups is 1. The van der Waals surface area contributed by atoms with Crippen molar-refractivity contribution in [2.24, 2.45) is 0 Å². The normalized spacial score (nSPS) is 18.9. The van der Waals surface area contributed by atoms with E-state index in [1.165, 1.54) is 4.90 Å². The summed E-state index contributed by atoms with van der Waals surface area (Å²) >= 11 is 13.9. The summed E-state index contributed by atoms with van der Waals surface area (Å²) < 4.78 is 12.0. The van der Waals surface area contributed by atoms with Crippen LogP contribution < -0.4 is 14.4 Å². The molecule has 0 spiro atoms. The number of fused-ring (bicyclic) bond motifs is 1. The van der Waals surface area contributed by atoms with Gasteiger partial charge in [-0.3, -0.25) is 9.69 Å². The second-order valence-electron chi connectivity index (χ2n) is 9.70. The van der Waals surface area contributed by atoms with Gasteiger partial charge in [0.25, 0.3) is 5.91 Å². The number of hydrogen-bond donors (Lipinski definition) is 0. The number of ether oxygens (including phenoxy) is 2. The Labute approximate surface area is 236 Å². The van der Waals surface area contributed by atoms with E-state index in [2.05, 4.69) is 13.8 Å². The molecule has 0 N–H and O–H groups in total. The largest absolute Gasteiger partial charge is 0.496 e. The van der Waals surface area contributed by atoms with Gasteiger partial charge in [-0.05, 0) is 78.1 Å².